The third-order valence-corrected chi connectivity index (χ3v) is 3.25. The van der Waals surface area contributed by atoms with Gasteiger partial charge in [0.25, 0.3) is 0 Å². The van der Waals surface area contributed by atoms with Crippen LogP contribution in [-0.4, -0.2) is 36.1 Å². The molecule has 4 nitrogen and oxygen atoms in total. The average Bonchev–Trinajstić information content (AvgIpc) is 3.13. The molecule has 1 fully saturated rings. The summed E-state index contributed by atoms with van der Waals surface area (Å²) in [4.78, 5) is 6.73. The van der Waals surface area contributed by atoms with Crippen LogP contribution < -0.4 is 10.5 Å². The molecule has 1 aliphatic rings. The lowest BCUT2D eigenvalue weighted by atomic mass is 10.2. The van der Waals surface area contributed by atoms with Crippen LogP contribution in [0.2, 0.25) is 0 Å². The maximum Gasteiger partial charge on any atom is 0.213 e. The molecule has 0 bridgehead atoms. The van der Waals surface area contributed by atoms with E-state index in [-0.39, 0.29) is 0 Å². The van der Waals surface area contributed by atoms with Crippen molar-refractivity contribution in [2.75, 3.05) is 20.2 Å². The molecule has 1 aliphatic carbocycles. The van der Waals surface area contributed by atoms with E-state index in [0.717, 1.165) is 23.8 Å². The smallest absolute Gasteiger partial charge is 0.213 e. The summed E-state index contributed by atoms with van der Waals surface area (Å²) in [5.41, 5.74) is 7.63. The Morgan fingerprint density at radius 3 is 2.82 bits per heavy atom. The number of aryl methyl sites for hydroxylation is 1. The molecule has 0 saturated heterocycles. The van der Waals surface area contributed by atoms with Crippen molar-refractivity contribution in [3.8, 4) is 5.88 Å². The molecule has 0 radical (unpaired) electrons. The van der Waals surface area contributed by atoms with Gasteiger partial charge in [0.15, 0.2) is 0 Å². The number of hydrogen-bond donors (Lipinski definition) is 1. The van der Waals surface area contributed by atoms with Crippen LogP contribution in [0.25, 0.3) is 0 Å². The number of likely N-dealkylation sites (N-methyl/N-ethyl adjacent to an activating group) is 1. The SMILES string of the molecule is Cc1nc(OCCN(C)C2CC2)ccc1CN. The number of pyridine rings is 1. The Hall–Kier alpha value is -1.13. The van der Waals surface area contributed by atoms with Crippen LogP contribution in [0.4, 0.5) is 0 Å². The van der Waals surface area contributed by atoms with Crippen LogP contribution in [0.15, 0.2) is 12.1 Å². The fraction of sp³-hybridized carbons (Fsp3) is 0.615. The van der Waals surface area contributed by atoms with Crippen LogP contribution in [0.3, 0.4) is 0 Å². The molecule has 1 aromatic heterocycles. The summed E-state index contributed by atoms with van der Waals surface area (Å²) in [7, 11) is 2.15. The first kappa shape index (κ1) is 12.3. The molecule has 1 heterocycles. The number of hydrogen-bond acceptors (Lipinski definition) is 4. The summed E-state index contributed by atoms with van der Waals surface area (Å²) in [6, 6.07) is 4.67. The predicted octanol–water partition coefficient (Wildman–Crippen LogP) is 1.32. The molecule has 1 saturated carbocycles. The van der Waals surface area contributed by atoms with Gasteiger partial charge in [-0.15, -0.1) is 0 Å². The van der Waals surface area contributed by atoms with Crippen molar-refractivity contribution in [3.63, 3.8) is 0 Å². The van der Waals surface area contributed by atoms with Crippen LogP contribution in [-0.2, 0) is 6.54 Å². The zero-order valence-corrected chi connectivity index (χ0v) is 10.6. The van der Waals surface area contributed by atoms with Crippen molar-refractivity contribution >= 4 is 0 Å². The lowest BCUT2D eigenvalue weighted by Crippen LogP contribution is -2.26. The van der Waals surface area contributed by atoms with Crippen LogP contribution in [0, 0.1) is 6.92 Å². The molecule has 4 heteroatoms. The molecular formula is C13H21N3O. The van der Waals surface area contributed by atoms with Crippen molar-refractivity contribution in [2.24, 2.45) is 5.73 Å². The molecule has 0 unspecified atom stereocenters. The summed E-state index contributed by atoms with van der Waals surface area (Å²) < 4.78 is 5.64. The molecule has 0 aliphatic heterocycles. The number of nitrogens with zero attached hydrogens (tertiary/aromatic N) is 2. The van der Waals surface area contributed by atoms with Crippen molar-refractivity contribution in [1.29, 1.82) is 0 Å². The summed E-state index contributed by atoms with van der Waals surface area (Å²) in [5, 5.41) is 0. The molecule has 2 rings (SSSR count). The van der Waals surface area contributed by atoms with Gasteiger partial charge in [-0.05, 0) is 32.4 Å². The van der Waals surface area contributed by atoms with E-state index in [0.29, 0.717) is 19.0 Å². The molecule has 1 aromatic rings. The van der Waals surface area contributed by atoms with E-state index in [1.165, 1.54) is 12.8 Å². The Morgan fingerprint density at radius 2 is 2.24 bits per heavy atom. The number of aromatic nitrogens is 1. The van der Waals surface area contributed by atoms with Gasteiger partial charge in [-0.3, -0.25) is 0 Å². The van der Waals surface area contributed by atoms with E-state index in [9.17, 15) is 0 Å². The Kier molecular flexibility index (Phi) is 3.97. The van der Waals surface area contributed by atoms with Crippen LogP contribution in [0.1, 0.15) is 24.1 Å². The molecule has 17 heavy (non-hydrogen) atoms. The third kappa shape index (κ3) is 3.41. The van der Waals surface area contributed by atoms with E-state index >= 15 is 0 Å². The highest BCUT2D eigenvalue weighted by Gasteiger charge is 2.25. The predicted molar refractivity (Wildman–Crippen MR) is 68.0 cm³/mol. The Bertz CT molecular complexity index is 377. The molecule has 0 spiro atoms. The zero-order chi connectivity index (χ0) is 12.3. The van der Waals surface area contributed by atoms with Gasteiger partial charge in [-0.2, -0.15) is 0 Å². The maximum absolute atomic E-state index is 5.64. The lowest BCUT2D eigenvalue weighted by molar-refractivity contribution is 0.226. The molecular weight excluding hydrogens is 214 g/mol. The van der Waals surface area contributed by atoms with Crippen molar-refractivity contribution in [3.05, 3.63) is 23.4 Å². The number of rotatable bonds is 6. The van der Waals surface area contributed by atoms with Gasteiger partial charge in [0.05, 0.1) is 0 Å². The molecule has 0 aromatic carbocycles. The van der Waals surface area contributed by atoms with Crippen LogP contribution >= 0.6 is 0 Å². The normalized spacial score (nSPS) is 15.3. The van der Waals surface area contributed by atoms with Gasteiger partial charge < -0.3 is 15.4 Å². The zero-order valence-electron chi connectivity index (χ0n) is 10.6. The first-order valence-electron chi connectivity index (χ1n) is 6.20. The topological polar surface area (TPSA) is 51.4 Å². The van der Waals surface area contributed by atoms with Crippen molar-refractivity contribution < 1.29 is 4.74 Å². The largest absolute Gasteiger partial charge is 0.476 e. The Labute approximate surface area is 103 Å². The highest BCUT2D eigenvalue weighted by molar-refractivity contribution is 5.24. The van der Waals surface area contributed by atoms with Gasteiger partial charge in [-0.25, -0.2) is 4.98 Å². The van der Waals surface area contributed by atoms with Crippen molar-refractivity contribution in [1.82, 2.24) is 9.88 Å². The molecule has 94 valence electrons. The van der Waals surface area contributed by atoms with E-state index in [4.69, 9.17) is 10.5 Å². The van der Waals surface area contributed by atoms with Crippen LogP contribution in [0.5, 0.6) is 5.88 Å². The lowest BCUT2D eigenvalue weighted by Gasteiger charge is -2.15. The summed E-state index contributed by atoms with van der Waals surface area (Å²) >= 11 is 0. The highest BCUT2D eigenvalue weighted by atomic mass is 16.5. The fourth-order valence-electron chi connectivity index (χ4n) is 1.86. The van der Waals surface area contributed by atoms with Gasteiger partial charge in [0.1, 0.15) is 6.61 Å². The summed E-state index contributed by atoms with van der Waals surface area (Å²) in [6.45, 7) is 4.15. The summed E-state index contributed by atoms with van der Waals surface area (Å²) in [5.74, 6) is 0.698. The van der Waals surface area contributed by atoms with Crippen molar-refractivity contribution in [2.45, 2.75) is 32.4 Å². The van der Waals surface area contributed by atoms with Gasteiger partial charge >= 0.3 is 0 Å². The maximum atomic E-state index is 5.64. The minimum Gasteiger partial charge on any atom is -0.476 e. The Morgan fingerprint density at radius 1 is 1.47 bits per heavy atom. The van der Waals surface area contributed by atoms with E-state index in [2.05, 4.69) is 16.9 Å². The number of ether oxygens (including phenoxy) is 1. The molecule has 0 amide bonds. The summed E-state index contributed by atoms with van der Waals surface area (Å²) in [6.07, 6.45) is 2.66. The van der Waals surface area contributed by atoms with Gasteiger partial charge in [-0.1, -0.05) is 6.07 Å². The average molecular weight is 235 g/mol. The second-order valence-corrected chi connectivity index (χ2v) is 4.66. The molecule has 2 N–H and O–H groups in total. The first-order valence-corrected chi connectivity index (χ1v) is 6.20. The van der Waals surface area contributed by atoms with E-state index < -0.39 is 0 Å². The fourth-order valence-corrected chi connectivity index (χ4v) is 1.86. The number of nitrogens with two attached hydrogens (primary N) is 1. The standard InChI is InChI=1S/C13H21N3O/c1-10-11(9-14)3-6-13(15-10)17-8-7-16(2)12-4-5-12/h3,6,12H,4-5,7-9,14H2,1-2H3. The van der Waals surface area contributed by atoms with E-state index in [1.807, 2.05) is 19.1 Å². The molecule has 0 atom stereocenters. The second kappa shape index (κ2) is 5.47. The highest BCUT2D eigenvalue weighted by Crippen LogP contribution is 2.24. The second-order valence-electron chi connectivity index (χ2n) is 4.66. The van der Waals surface area contributed by atoms with E-state index in [1.54, 1.807) is 0 Å². The van der Waals surface area contributed by atoms with Gasteiger partial charge in [0.2, 0.25) is 5.88 Å². The minimum absolute atomic E-state index is 0.531. The Balaban J connectivity index is 1.80. The third-order valence-electron chi connectivity index (χ3n) is 3.25. The minimum atomic E-state index is 0.531. The quantitative estimate of drug-likeness (QED) is 0.808. The van der Waals surface area contributed by atoms with Gasteiger partial charge in [0, 0.05) is 30.9 Å². The first-order chi connectivity index (χ1) is 8.20. The monoisotopic (exact) mass is 235 g/mol.